The van der Waals surface area contributed by atoms with Crippen LogP contribution < -0.4 is 10.0 Å². The van der Waals surface area contributed by atoms with E-state index < -0.39 is 10.0 Å². The van der Waals surface area contributed by atoms with Gasteiger partial charge in [-0.1, -0.05) is 35.8 Å². The van der Waals surface area contributed by atoms with Gasteiger partial charge in [0.1, 0.15) is 0 Å². The van der Waals surface area contributed by atoms with Gasteiger partial charge in [-0.2, -0.15) is 0 Å². The molecule has 1 aromatic carbocycles. The van der Waals surface area contributed by atoms with Gasteiger partial charge in [-0.25, -0.2) is 13.1 Å². The predicted molar refractivity (Wildman–Crippen MR) is 88.9 cm³/mol. The van der Waals surface area contributed by atoms with Gasteiger partial charge in [0, 0.05) is 17.1 Å². The fraction of sp³-hybridized carbons (Fsp3) is 0.600. The van der Waals surface area contributed by atoms with Crippen molar-refractivity contribution < 1.29 is 8.42 Å². The van der Waals surface area contributed by atoms with Crippen LogP contribution in [0.2, 0.25) is 0 Å². The first-order chi connectivity index (χ1) is 9.72. The molecule has 21 heavy (non-hydrogen) atoms. The molecule has 0 amide bonds. The zero-order chi connectivity index (χ0) is 15.7. The smallest absolute Gasteiger partial charge is 0.240 e. The Balaban J connectivity index is 2.13. The predicted octanol–water partition coefficient (Wildman–Crippen LogP) is 2.81. The molecule has 0 aliphatic carbocycles. The molecule has 0 spiro atoms. The summed E-state index contributed by atoms with van der Waals surface area (Å²) in [5.41, 5.74) is 0.856. The molecule has 2 rings (SSSR count). The molecule has 1 unspecified atom stereocenters. The minimum Gasteiger partial charge on any atom is -0.312 e. The van der Waals surface area contributed by atoms with E-state index in [1.54, 1.807) is 12.1 Å². The van der Waals surface area contributed by atoms with E-state index in [0.717, 1.165) is 29.4 Å². The summed E-state index contributed by atoms with van der Waals surface area (Å²) >= 11 is 3.33. The van der Waals surface area contributed by atoms with Gasteiger partial charge in [0.15, 0.2) is 0 Å². The largest absolute Gasteiger partial charge is 0.312 e. The number of rotatable bonds is 4. The van der Waals surface area contributed by atoms with Crippen LogP contribution in [0.1, 0.15) is 32.3 Å². The lowest BCUT2D eigenvalue weighted by Gasteiger charge is -2.39. The molecule has 6 heteroatoms. The Morgan fingerprint density at radius 1 is 1.43 bits per heavy atom. The molecular weight excluding hydrogens is 352 g/mol. The highest BCUT2D eigenvalue weighted by molar-refractivity contribution is 9.10. The van der Waals surface area contributed by atoms with Crippen LogP contribution in [0.25, 0.3) is 0 Å². The van der Waals surface area contributed by atoms with E-state index in [9.17, 15) is 8.42 Å². The van der Waals surface area contributed by atoms with Crippen LogP contribution >= 0.6 is 15.9 Å². The number of piperidine rings is 1. The maximum absolute atomic E-state index is 12.5. The molecule has 1 heterocycles. The number of halogens is 1. The molecule has 2 N–H and O–H groups in total. The summed E-state index contributed by atoms with van der Waals surface area (Å²) in [6.07, 6.45) is 2.25. The summed E-state index contributed by atoms with van der Waals surface area (Å²) in [6, 6.07) is 5.46. The lowest BCUT2D eigenvalue weighted by Crippen LogP contribution is -2.52. The fourth-order valence-electron chi connectivity index (χ4n) is 2.75. The van der Waals surface area contributed by atoms with Crippen molar-refractivity contribution in [1.29, 1.82) is 0 Å². The van der Waals surface area contributed by atoms with Crippen molar-refractivity contribution >= 4 is 26.0 Å². The minimum atomic E-state index is -3.48. The van der Waals surface area contributed by atoms with Gasteiger partial charge < -0.3 is 5.32 Å². The van der Waals surface area contributed by atoms with Crippen molar-refractivity contribution in [2.75, 3.05) is 13.1 Å². The summed E-state index contributed by atoms with van der Waals surface area (Å²) in [6.45, 7) is 7.54. The van der Waals surface area contributed by atoms with Crippen LogP contribution in [0.4, 0.5) is 0 Å². The third-order valence-electron chi connectivity index (χ3n) is 4.25. The quantitative estimate of drug-likeness (QED) is 0.851. The lowest BCUT2D eigenvalue weighted by molar-refractivity contribution is 0.181. The van der Waals surface area contributed by atoms with E-state index in [1.165, 1.54) is 0 Å². The van der Waals surface area contributed by atoms with Crippen molar-refractivity contribution in [3.8, 4) is 0 Å². The first-order valence-corrected chi connectivity index (χ1v) is 9.49. The van der Waals surface area contributed by atoms with Gasteiger partial charge in [-0.3, -0.25) is 0 Å². The van der Waals surface area contributed by atoms with E-state index >= 15 is 0 Å². The first-order valence-electron chi connectivity index (χ1n) is 7.21. The zero-order valence-corrected chi connectivity index (χ0v) is 15.1. The Bertz CT molecular complexity index is 614. The van der Waals surface area contributed by atoms with Gasteiger partial charge in [0.2, 0.25) is 10.0 Å². The van der Waals surface area contributed by atoms with Crippen molar-refractivity contribution in [2.24, 2.45) is 5.41 Å². The molecule has 4 nitrogen and oxygen atoms in total. The van der Waals surface area contributed by atoms with Crippen LogP contribution in [0, 0.1) is 12.3 Å². The highest BCUT2D eigenvalue weighted by Crippen LogP contribution is 2.30. The van der Waals surface area contributed by atoms with Gasteiger partial charge in [0.25, 0.3) is 0 Å². The van der Waals surface area contributed by atoms with Crippen molar-refractivity contribution in [1.82, 2.24) is 10.0 Å². The summed E-state index contributed by atoms with van der Waals surface area (Å²) in [5, 5.41) is 3.42. The van der Waals surface area contributed by atoms with Gasteiger partial charge in [-0.05, 0) is 49.4 Å². The minimum absolute atomic E-state index is 0.104. The summed E-state index contributed by atoms with van der Waals surface area (Å²) in [4.78, 5) is 0.338. The second-order valence-corrected chi connectivity index (χ2v) is 9.01. The van der Waals surface area contributed by atoms with Gasteiger partial charge in [-0.15, -0.1) is 0 Å². The van der Waals surface area contributed by atoms with Crippen molar-refractivity contribution in [2.45, 2.75) is 44.6 Å². The summed E-state index contributed by atoms with van der Waals surface area (Å²) in [5.74, 6) is 0. The average molecular weight is 375 g/mol. The van der Waals surface area contributed by atoms with E-state index in [1.807, 2.05) is 13.0 Å². The molecule has 1 aromatic rings. The molecule has 0 aromatic heterocycles. The van der Waals surface area contributed by atoms with Crippen LogP contribution in [-0.4, -0.2) is 27.5 Å². The van der Waals surface area contributed by atoms with Crippen molar-refractivity contribution in [3.05, 3.63) is 28.2 Å². The maximum atomic E-state index is 12.5. The average Bonchev–Trinajstić information content (AvgIpc) is 2.39. The molecule has 118 valence electrons. The van der Waals surface area contributed by atoms with Gasteiger partial charge >= 0.3 is 0 Å². The molecule has 1 atom stereocenters. The Morgan fingerprint density at radius 2 is 2.14 bits per heavy atom. The molecule has 1 fully saturated rings. The number of nitrogens with one attached hydrogen (secondary N) is 2. The molecule has 1 aliphatic heterocycles. The Labute approximate surface area is 135 Å². The summed E-state index contributed by atoms with van der Waals surface area (Å²) < 4.78 is 28.5. The second kappa shape index (κ2) is 6.36. The highest BCUT2D eigenvalue weighted by Gasteiger charge is 2.32. The SMILES string of the molecule is Cc1ccc(Br)cc1S(=O)(=O)NCC1NCCCC1(C)C. The third-order valence-corrected chi connectivity index (χ3v) is 6.31. The number of sulfonamides is 1. The second-order valence-electron chi connectivity index (χ2n) is 6.36. The topological polar surface area (TPSA) is 58.2 Å². The van der Waals surface area contributed by atoms with Gasteiger partial charge in [0.05, 0.1) is 4.90 Å². The van der Waals surface area contributed by atoms with E-state index in [2.05, 4.69) is 39.8 Å². The van der Waals surface area contributed by atoms with Crippen LogP contribution in [0.15, 0.2) is 27.6 Å². The molecule has 0 bridgehead atoms. The standard InChI is InChI=1S/C15H23BrN2O2S/c1-11-5-6-12(16)9-13(11)21(19,20)18-10-14-15(2,3)7-4-8-17-14/h5-6,9,14,17-18H,4,7-8,10H2,1-3H3. The molecule has 0 radical (unpaired) electrons. The number of hydrogen-bond acceptors (Lipinski definition) is 3. The number of hydrogen-bond donors (Lipinski definition) is 2. The van der Waals surface area contributed by atoms with Crippen LogP contribution in [0.3, 0.4) is 0 Å². The zero-order valence-electron chi connectivity index (χ0n) is 12.7. The Hall–Kier alpha value is -0.430. The number of benzene rings is 1. The van der Waals surface area contributed by atoms with E-state index in [-0.39, 0.29) is 11.5 Å². The monoisotopic (exact) mass is 374 g/mol. The molecule has 1 saturated heterocycles. The fourth-order valence-corrected chi connectivity index (χ4v) is 4.58. The van der Waals surface area contributed by atoms with E-state index in [4.69, 9.17) is 0 Å². The number of aryl methyl sites for hydroxylation is 1. The Morgan fingerprint density at radius 3 is 2.81 bits per heavy atom. The summed E-state index contributed by atoms with van der Waals surface area (Å²) in [7, 11) is -3.48. The highest BCUT2D eigenvalue weighted by atomic mass is 79.9. The normalized spacial score (nSPS) is 22.2. The van der Waals surface area contributed by atoms with Crippen LogP contribution in [0.5, 0.6) is 0 Å². The Kier molecular flexibility index (Phi) is 5.13. The molecular formula is C15H23BrN2O2S. The lowest BCUT2D eigenvalue weighted by atomic mass is 9.78. The van der Waals surface area contributed by atoms with E-state index in [0.29, 0.717) is 11.4 Å². The van der Waals surface area contributed by atoms with Crippen molar-refractivity contribution in [3.63, 3.8) is 0 Å². The third kappa shape index (κ3) is 4.06. The maximum Gasteiger partial charge on any atom is 0.240 e. The molecule has 0 saturated carbocycles. The molecule has 1 aliphatic rings. The van der Waals surface area contributed by atoms with Crippen LogP contribution in [-0.2, 0) is 10.0 Å². The first kappa shape index (κ1) is 16.9.